The predicted octanol–water partition coefficient (Wildman–Crippen LogP) is 19.1. The fraction of sp³-hybridized carbons (Fsp3) is 0.667. The zero-order valence-corrected chi connectivity index (χ0v) is 44.8. The molecule has 0 saturated heterocycles. The minimum atomic E-state index is -0.822. The van der Waals surface area contributed by atoms with Crippen LogP contribution in [0.4, 0.5) is 0 Å². The molecule has 0 aliphatic rings. The van der Waals surface area contributed by atoms with Gasteiger partial charge in [0.1, 0.15) is 13.2 Å². The number of unbranched alkanes of at least 4 members (excludes halogenated alkanes) is 21. The van der Waals surface area contributed by atoms with E-state index < -0.39 is 6.10 Å². The Morgan fingerprint density at radius 1 is 0.304 bits per heavy atom. The topological polar surface area (TPSA) is 78.9 Å². The highest BCUT2D eigenvalue weighted by molar-refractivity contribution is 5.71. The van der Waals surface area contributed by atoms with Crippen molar-refractivity contribution in [3.05, 3.63) is 109 Å². The Bertz CT molecular complexity index is 1420. The molecule has 0 unspecified atom stereocenters. The van der Waals surface area contributed by atoms with E-state index in [9.17, 15) is 14.4 Å². The summed E-state index contributed by atoms with van der Waals surface area (Å²) in [4.78, 5) is 38.1. The van der Waals surface area contributed by atoms with Crippen molar-refractivity contribution in [1.82, 2.24) is 0 Å². The number of hydrogen-bond acceptors (Lipinski definition) is 6. The highest BCUT2D eigenvalue weighted by atomic mass is 16.6. The van der Waals surface area contributed by atoms with Crippen molar-refractivity contribution in [3.8, 4) is 0 Å². The van der Waals surface area contributed by atoms with Gasteiger partial charge in [0.05, 0.1) is 0 Å². The van der Waals surface area contributed by atoms with Gasteiger partial charge in [0.15, 0.2) is 6.10 Å². The van der Waals surface area contributed by atoms with Crippen molar-refractivity contribution >= 4 is 17.9 Å². The van der Waals surface area contributed by atoms with Crippen LogP contribution in [0.5, 0.6) is 0 Å². The van der Waals surface area contributed by atoms with E-state index in [1.165, 1.54) is 103 Å². The summed E-state index contributed by atoms with van der Waals surface area (Å²) in [6.07, 6.45) is 76.5. The molecule has 0 bridgehead atoms. The zero-order valence-electron chi connectivity index (χ0n) is 44.8. The summed E-state index contributed by atoms with van der Waals surface area (Å²) >= 11 is 0. The van der Waals surface area contributed by atoms with Gasteiger partial charge in [-0.3, -0.25) is 14.4 Å². The smallest absolute Gasteiger partial charge is 0.306 e. The Morgan fingerprint density at radius 2 is 0.580 bits per heavy atom. The van der Waals surface area contributed by atoms with Crippen LogP contribution < -0.4 is 0 Å². The van der Waals surface area contributed by atoms with Crippen molar-refractivity contribution < 1.29 is 28.6 Å². The zero-order chi connectivity index (χ0) is 50.0. The number of rotatable bonds is 50. The maximum atomic E-state index is 12.8. The number of allylic oxidation sites excluding steroid dienone is 18. The molecule has 0 N–H and O–H groups in total. The summed E-state index contributed by atoms with van der Waals surface area (Å²) in [6.45, 7) is 6.43. The first-order chi connectivity index (χ1) is 34.0. The lowest BCUT2D eigenvalue weighted by Gasteiger charge is -2.18. The molecule has 0 radical (unpaired) electrons. The SMILES string of the molecule is CC/C=C\C/C=C\C/C=C\C/C=C\C/C=C\CCCC(=O)O[C@@H](COC(=O)CCCCC/C=C\C/C=C\C/C=C\C/C=C\CCCCC)COC(=O)CCCCCCCCCCCCCCCCC. The molecular formula is C63H104O6. The molecule has 69 heavy (non-hydrogen) atoms. The molecule has 0 aromatic heterocycles. The van der Waals surface area contributed by atoms with Gasteiger partial charge in [-0.2, -0.15) is 0 Å². The van der Waals surface area contributed by atoms with E-state index >= 15 is 0 Å². The first-order valence-corrected chi connectivity index (χ1v) is 28.4. The van der Waals surface area contributed by atoms with Crippen molar-refractivity contribution in [2.45, 2.75) is 258 Å². The Kier molecular flexibility index (Phi) is 53.4. The Morgan fingerprint density at radius 3 is 0.957 bits per heavy atom. The Hall–Kier alpha value is -3.93. The van der Waals surface area contributed by atoms with Crippen LogP contribution >= 0.6 is 0 Å². The van der Waals surface area contributed by atoms with E-state index in [4.69, 9.17) is 14.2 Å². The van der Waals surface area contributed by atoms with Crippen molar-refractivity contribution in [2.75, 3.05) is 13.2 Å². The van der Waals surface area contributed by atoms with Crippen LogP contribution in [0.3, 0.4) is 0 Å². The van der Waals surface area contributed by atoms with E-state index in [2.05, 4.69) is 130 Å². The fourth-order valence-corrected chi connectivity index (χ4v) is 7.52. The minimum absolute atomic E-state index is 0.111. The molecule has 0 saturated carbocycles. The molecule has 6 nitrogen and oxygen atoms in total. The second kappa shape index (κ2) is 56.7. The van der Waals surface area contributed by atoms with Crippen LogP contribution in [0.15, 0.2) is 109 Å². The van der Waals surface area contributed by atoms with Gasteiger partial charge >= 0.3 is 17.9 Å². The van der Waals surface area contributed by atoms with E-state index in [0.29, 0.717) is 19.3 Å². The van der Waals surface area contributed by atoms with Gasteiger partial charge in [-0.1, -0.05) is 239 Å². The summed E-state index contributed by atoms with van der Waals surface area (Å²) in [7, 11) is 0. The molecule has 1 atom stereocenters. The molecule has 0 amide bonds. The summed E-state index contributed by atoms with van der Waals surface area (Å²) in [6, 6.07) is 0. The predicted molar refractivity (Wildman–Crippen MR) is 297 cm³/mol. The van der Waals surface area contributed by atoms with Gasteiger partial charge in [0, 0.05) is 19.3 Å². The number of esters is 3. The van der Waals surface area contributed by atoms with Crippen LogP contribution in [0.25, 0.3) is 0 Å². The van der Waals surface area contributed by atoms with Crippen LogP contribution in [0.1, 0.15) is 252 Å². The average molecular weight is 958 g/mol. The first kappa shape index (κ1) is 65.1. The molecule has 0 heterocycles. The molecule has 0 aromatic carbocycles. The fourth-order valence-electron chi connectivity index (χ4n) is 7.52. The van der Waals surface area contributed by atoms with Gasteiger partial charge in [-0.05, 0) is 103 Å². The molecular weight excluding hydrogens is 853 g/mol. The Balaban J connectivity index is 4.54. The Labute approximate surface area is 425 Å². The number of carbonyl (C=O) groups excluding carboxylic acids is 3. The van der Waals surface area contributed by atoms with Crippen LogP contribution in [0.2, 0.25) is 0 Å². The van der Waals surface area contributed by atoms with Crippen molar-refractivity contribution in [3.63, 3.8) is 0 Å². The van der Waals surface area contributed by atoms with Gasteiger partial charge in [0.25, 0.3) is 0 Å². The second-order valence-corrected chi connectivity index (χ2v) is 18.5. The van der Waals surface area contributed by atoms with E-state index in [0.717, 1.165) is 103 Å². The highest BCUT2D eigenvalue weighted by Gasteiger charge is 2.19. The molecule has 0 aromatic rings. The van der Waals surface area contributed by atoms with E-state index in [-0.39, 0.29) is 37.5 Å². The molecule has 0 spiro atoms. The van der Waals surface area contributed by atoms with Crippen molar-refractivity contribution in [2.24, 2.45) is 0 Å². The number of ether oxygens (including phenoxy) is 3. The summed E-state index contributed by atoms with van der Waals surface area (Å²) in [5.41, 5.74) is 0. The molecule has 0 aliphatic heterocycles. The summed E-state index contributed by atoms with van der Waals surface area (Å²) in [5, 5.41) is 0. The van der Waals surface area contributed by atoms with E-state index in [1.807, 2.05) is 0 Å². The summed E-state index contributed by atoms with van der Waals surface area (Å²) in [5.74, 6) is -1.00. The third-order valence-corrected chi connectivity index (χ3v) is 11.8. The minimum Gasteiger partial charge on any atom is -0.462 e. The molecule has 392 valence electrons. The normalized spacial score (nSPS) is 12.9. The van der Waals surface area contributed by atoms with Gasteiger partial charge in [-0.15, -0.1) is 0 Å². The summed E-state index contributed by atoms with van der Waals surface area (Å²) < 4.78 is 16.8. The standard InChI is InChI=1S/C63H104O6/c1-4-7-10-13-16-19-22-25-28-30-31-33-35-38-41-44-47-50-53-56-62(65)68-59-60(58-67-61(64)55-52-49-46-43-40-37-34-27-24-21-18-15-12-9-6-3)69-63(66)57-54-51-48-45-42-39-36-32-29-26-23-20-17-14-11-8-5-2/h8,11,16-17,19-20,25-26,28-29,31,33,36,38-39,41,45,48,60H,4-7,9-10,12-15,18,21-24,27,30,32,34-35,37,40,42-44,46-47,49-59H2,1-3H3/b11-8-,19-16-,20-17-,28-25-,29-26-,33-31-,39-36-,41-38-,48-45-/t60-/m1/s1. The lowest BCUT2D eigenvalue weighted by Crippen LogP contribution is -2.30. The molecule has 0 rings (SSSR count). The second-order valence-electron chi connectivity index (χ2n) is 18.5. The third kappa shape index (κ3) is 54.9. The highest BCUT2D eigenvalue weighted by Crippen LogP contribution is 2.15. The first-order valence-electron chi connectivity index (χ1n) is 28.4. The van der Waals surface area contributed by atoms with E-state index in [1.54, 1.807) is 0 Å². The monoisotopic (exact) mass is 957 g/mol. The molecule has 6 heteroatoms. The van der Waals surface area contributed by atoms with Crippen LogP contribution in [-0.2, 0) is 28.6 Å². The lowest BCUT2D eigenvalue weighted by atomic mass is 10.0. The van der Waals surface area contributed by atoms with Gasteiger partial charge in [0.2, 0.25) is 0 Å². The average Bonchev–Trinajstić information content (AvgIpc) is 3.35. The maximum Gasteiger partial charge on any atom is 0.306 e. The lowest BCUT2D eigenvalue weighted by molar-refractivity contribution is -0.167. The maximum absolute atomic E-state index is 12.8. The van der Waals surface area contributed by atoms with Crippen LogP contribution in [0, 0.1) is 0 Å². The quantitative estimate of drug-likeness (QED) is 0.0262. The largest absolute Gasteiger partial charge is 0.462 e. The third-order valence-electron chi connectivity index (χ3n) is 11.8. The molecule has 0 fully saturated rings. The number of hydrogen-bond donors (Lipinski definition) is 0. The number of carbonyl (C=O) groups is 3. The van der Waals surface area contributed by atoms with Gasteiger partial charge < -0.3 is 14.2 Å². The van der Waals surface area contributed by atoms with Crippen LogP contribution in [-0.4, -0.2) is 37.2 Å². The molecule has 0 aliphatic carbocycles. The van der Waals surface area contributed by atoms with Gasteiger partial charge in [-0.25, -0.2) is 0 Å². The van der Waals surface area contributed by atoms with Crippen molar-refractivity contribution in [1.29, 1.82) is 0 Å².